The quantitative estimate of drug-likeness (QED) is 0.271. The number of ether oxygens (including phenoxy) is 1. The van der Waals surface area contributed by atoms with Gasteiger partial charge in [0.1, 0.15) is 24.0 Å². The molecule has 3 fully saturated rings. The molecule has 13 heteroatoms. The van der Waals surface area contributed by atoms with Crippen LogP contribution in [0.15, 0.2) is 48.5 Å². The Bertz CT molecular complexity index is 2190. The normalized spacial score (nSPS) is 24.1. The van der Waals surface area contributed by atoms with Crippen LogP contribution in [0.4, 0.5) is 5.69 Å². The highest BCUT2D eigenvalue weighted by Crippen LogP contribution is 2.56. The first-order chi connectivity index (χ1) is 27.1. The van der Waals surface area contributed by atoms with Gasteiger partial charge in [-0.2, -0.15) is 5.26 Å². The average molecular weight is 791 g/mol. The van der Waals surface area contributed by atoms with Crippen LogP contribution in [-0.4, -0.2) is 77.2 Å². The topological polar surface area (TPSA) is 152 Å². The number of fused-ring (bicyclic) bond motifs is 2. The van der Waals surface area contributed by atoms with Crippen LogP contribution < -0.4 is 20.3 Å². The monoisotopic (exact) mass is 790 g/mol. The number of benzene rings is 3. The molecule has 3 aromatic carbocycles. The SMILES string of the molecule is Cc1c(O[C@H]2C(C)(C)[C@H](NC(=O)c3ccc(N4CCC(CN5Cc6cc7c(cc6C5)C(=O)N(C5CCC(=O)NC5=O)C7=O)CC4)cc3)C2(C)C)ccc(C#N)c1Cl. The molecule has 4 heterocycles. The van der Waals surface area contributed by atoms with E-state index in [2.05, 4.69) is 54.2 Å². The molecule has 5 aliphatic rings. The van der Waals surface area contributed by atoms with Gasteiger partial charge in [-0.25, -0.2) is 0 Å². The lowest BCUT2D eigenvalue weighted by Crippen LogP contribution is -2.74. The van der Waals surface area contributed by atoms with Crippen LogP contribution in [0.25, 0.3) is 0 Å². The highest BCUT2D eigenvalue weighted by molar-refractivity contribution is 6.32. The fraction of sp³-hybridized carbons (Fsp3) is 0.455. The molecule has 0 aromatic heterocycles. The molecule has 57 heavy (non-hydrogen) atoms. The molecule has 1 unspecified atom stereocenters. The highest BCUT2D eigenvalue weighted by atomic mass is 35.5. The summed E-state index contributed by atoms with van der Waals surface area (Å²) in [6.45, 7) is 14.3. The first-order valence-electron chi connectivity index (χ1n) is 19.7. The zero-order valence-corrected chi connectivity index (χ0v) is 33.7. The summed E-state index contributed by atoms with van der Waals surface area (Å²) in [6, 6.07) is 15.9. The number of rotatable bonds is 8. The van der Waals surface area contributed by atoms with E-state index in [9.17, 15) is 29.2 Å². The van der Waals surface area contributed by atoms with E-state index in [0.29, 0.717) is 52.0 Å². The molecule has 5 amide bonds. The van der Waals surface area contributed by atoms with E-state index in [1.54, 1.807) is 12.1 Å². The number of imide groups is 2. The van der Waals surface area contributed by atoms with Gasteiger partial charge in [-0.15, -0.1) is 0 Å². The zero-order chi connectivity index (χ0) is 40.6. The van der Waals surface area contributed by atoms with E-state index in [1.807, 2.05) is 43.3 Å². The van der Waals surface area contributed by atoms with Gasteiger partial charge in [-0.05, 0) is 91.8 Å². The van der Waals surface area contributed by atoms with Gasteiger partial charge in [0.05, 0.1) is 21.7 Å². The summed E-state index contributed by atoms with van der Waals surface area (Å²) in [7, 11) is 0. The summed E-state index contributed by atoms with van der Waals surface area (Å²) in [5, 5.41) is 15.3. The largest absolute Gasteiger partial charge is 0.489 e. The molecule has 2 N–H and O–H groups in total. The summed E-state index contributed by atoms with van der Waals surface area (Å²) < 4.78 is 6.50. The minimum absolute atomic E-state index is 0.0935. The molecule has 1 atom stereocenters. The van der Waals surface area contributed by atoms with Crippen LogP contribution in [0, 0.1) is 35.0 Å². The number of halogens is 1. The van der Waals surface area contributed by atoms with Gasteiger partial charge < -0.3 is 15.0 Å². The Morgan fingerprint density at radius 2 is 1.54 bits per heavy atom. The van der Waals surface area contributed by atoms with Gasteiger partial charge in [0, 0.05) is 72.8 Å². The average Bonchev–Trinajstić information content (AvgIpc) is 3.69. The molecule has 8 rings (SSSR count). The lowest BCUT2D eigenvalue weighted by atomic mass is 9.49. The number of nitrogens with zero attached hydrogens (tertiary/aromatic N) is 4. The van der Waals surface area contributed by atoms with Gasteiger partial charge in [-0.1, -0.05) is 39.3 Å². The Morgan fingerprint density at radius 3 is 2.12 bits per heavy atom. The van der Waals surface area contributed by atoms with E-state index in [4.69, 9.17) is 16.3 Å². The lowest BCUT2D eigenvalue weighted by Gasteiger charge is -2.63. The fourth-order valence-corrected chi connectivity index (χ4v) is 10.4. The van der Waals surface area contributed by atoms with Crippen molar-refractivity contribution >= 4 is 46.8 Å². The Hall–Kier alpha value is -5.25. The standard InChI is InChI=1S/C44H47ClN6O6/c1-24-34(12-8-27(20-46)36(24)45)57-42-43(2,3)41(44(42,4)5)48-37(53)26-6-9-30(10-7-26)50-16-14-25(15-17-50)21-49-22-28-18-31-32(19-29(28)23-49)40(56)51(39(31)55)33-11-13-35(52)47-38(33)54/h6-10,12,18-19,25,33,41-42H,11,13-17,21-23H2,1-5H3,(H,48,53)(H,47,52,54)/t33?,41-,42-. The van der Waals surface area contributed by atoms with Crippen LogP contribution in [0.2, 0.25) is 5.02 Å². The Kier molecular flexibility index (Phi) is 9.68. The lowest BCUT2D eigenvalue weighted by molar-refractivity contribution is -0.164. The fourth-order valence-electron chi connectivity index (χ4n) is 10.2. The van der Waals surface area contributed by atoms with E-state index < -0.39 is 29.7 Å². The molecule has 0 bridgehead atoms. The summed E-state index contributed by atoms with van der Waals surface area (Å²) in [6.07, 6.45) is 2.08. The van der Waals surface area contributed by atoms with E-state index in [-0.39, 0.29) is 41.7 Å². The minimum atomic E-state index is -0.967. The molecule has 2 saturated heterocycles. The first-order valence-corrected chi connectivity index (χ1v) is 20.1. The number of carbonyl (C=O) groups is 5. The van der Waals surface area contributed by atoms with Crippen LogP contribution in [-0.2, 0) is 22.7 Å². The Balaban J connectivity index is 0.825. The predicted molar refractivity (Wildman–Crippen MR) is 213 cm³/mol. The third-order valence-electron chi connectivity index (χ3n) is 13.0. The van der Waals surface area contributed by atoms with Gasteiger partial charge in [0.25, 0.3) is 17.7 Å². The number of amides is 5. The van der Waals surface area contributed by atoms with Crippen molar-refractivity contribution in [3.8, 4) is 11.8 Å². The maximum absolute atomic E-state index is 13.5. The third-order valence-corrected chi connectivity index (χ3v) is 13.5. The highest BCUT2D eigenvalue weighted by Gasteiger charge is 2.64. The minimum Gasteiger partial charge on any atom is -0.489 e. The molecule has 1 aliphatic carbocycles. The summed E-state index contributed by atoms with van der Waals surface area (Å²) in [5.41, 5.74) is 4.81. The van der Waals surface area contributed by atoms with E-state index in [0.717, 1.165) is 59.8 Å². The number of hydrogen-bond acceptors (Lipinski definition) is 9. The van der Waals surface area contributed by atoms with Crippen LogP contribution in [0.3, 0.4) is 0 Å². The molecule has 12 nitrogen and oxygen atoms in total. The first kappa shape index (κ1) is 38.6. The number of carbonyl (C=O) groups excluding carboxylic acids is 5. The number of anilines is 1. The molecule has 0 radical (unpaired) electrons. The van der Waals surface area contributed by atoms with Crippen molar-refractivity contribution in [1.82, 2.24) is 20.4 Å². The van der Waals surface area contributed by atoms with E-state index >= 15 is 0 Å². The summed E-state index contributed by atoms with van der Waals surface area (Å²) >= 11 is 6.41. The zero-order valence-electron chi connectivity index (χ0n) is 32.9. The van der Waals surface area contributed by atoms with Crippen molar-refractivity contribution in [3.05, 3.63) is 92.5 Å². The molecule has 4 aliphatic heterocycles. The number of piperidine rings is 2. The van der Waals surface area contributed by atoms with Crippen molar-refractivity contribution in [2.75, 3.05) is 24.5 Å². The second-order valence-electron chi connectivity index (χ2n) is 17.5. The van der Waals surface area contributed by atoms with Crippen LogP contribution in [0.5, 0.6) is 5.75 Å². The number of hydrogen-bond donors (Lipinski definition) is 2. The molecule has 0 spiro atoms. The smallest absolute Gasteiger partial charge is 0.262 e. The van der Waals surface area contributed by atoms with Crippen molar-refractivity contribution in [2.45, 2.75) is 91.6 Å². The number of nitriles is 1. The van der Waals surface area contributed by atoms with Crippen LogP contribution >= 0.6 is 11.6 Å². The summed E-state index contributed by atoms with van der Waals surface area (Å²) in [5.74, 6) is -0.927. The predicted octanol–water partition coefficient (Wildman–Crippen LogP) is 5.77. The maximum atomic E-state index is 13.5. The second-order valence-corrected chi connectivity index (χ2v) is 17.8. The van der Waals surface area contributed by atoms with Crippen molar-refractivity contribution < 1.29 is 28.7 Å². The van der Waals surface area contributed by atoms with Gasteiger partial charge >= 0.3 is 0 Å². The Labute approximate surface area is 337 Å². The molecular formula is C44H47ClN6O6. The van der Waals surface area contributed by atoms with Gasteiger partial charge in [0.15, 0.2) is 0 Å². The molecule has 3 aromatic rings. The maximum Gasteiger partial charge on any atom is 0.262 e. The van der Waals surface area contributed by atoms with Gasteiger partial charge in [-0.3, -0.25) is 39.1 Å². The van der Waals surface area contributed by atoms with Crippen molar-refractivity contribution in [2.24, 2.45) is 16.7 Å². The Morgan fingerprint density at radius 1 is 0.930 bits per heavy atom. The van der Waals surface area contributed by atoms with Gasteiger partial charge in [0.2, 0.25) is 11.8 Å². The molecule has 1 saturated carbocycles. The van der Waals surface area contributed by atoms with E-state index in [1.165, 1.54) is 0 Å². The molecular weight excluding hydrogens is 744 g/mol. The van der Waals surface area contributed by atoms with Crippen LogP contribution in [0.1, 0.15) is 107 Å². The second kappa shape index (κ2) is 14.3. The van der Waals surface area contributed by atoms with Crippen molar-refractivity contribution in [1.29, 1.82) is 5.26 Å². The molecule has 296 valence electrons. The number of nitrogens with one attached hydrogen (secondary N) is 2. The summed E-state index contributed by atoms with van der Waals surface area (Å²) in [4.78, 5) is 70.0. The third kappa shape index (κ3) is 6.64. The van der Waals surface area contributed by atoms with Crippen molar-refractivity contribution in [3.63, 3.8) is 0 Å².